The summed E-state index contributed by atoms with van der Waals surface area (Å²) in [5.74, 6) is -0.600. The smallest absolute Gasteiger partial charge is 0.339 e. The number of aliphatic hydroxyl groups is 1. The Hall–Kier alpha value is -1.75. The first-order valence-electron chi connectivity index (χ1n) is 6.46. The van der Waals surface area contributed by atoms with Crippen molar-refractivity contribution in [1.29, 1.82) is 0 Å². The molecule has 1 aliphatic rings. The van der Waals surface area contributed by atoms with Crippen molar-refractivity contribution >= 4 is 17.3 Å². The van der Waals surface area contributed by atoms with Crippen LogP contribution >= 0.6 is 0 Å². The van der Waals surface area contributed by atoms with E-state index in [0.29, 0.717) is 5.56 Å². The summed E-state index contributed by atoms with van der Waals surface area (Å²) in [6.45, 7) is 3.77. The van der Waals surface area contributed by atoms with Crippen LogP contribution < -0.4 is 9.80 Å². The second-order valence-electron chi connectivity index (χ2n) is 4.71. The maximum Gasteiger partial charge on any atom is 0.339 e. The van der Waals surface area contributed by atoms with Crippen molar-refractivity contribution in [2.24, 2.45) is 0 Å². The average Bonchev–Trinajstić information content (AvgIpc) is 2.42. The molecule has 1 aromatic rings. The van der Waals surface area contributed by atoms with Gasteiger partial charge in [-0.05, 0) is 13.0 Å². The van der Waals surface area contributed by atoms with Gasteiger partial charge in [-0.15, -0.1) is 0 Å². The van der Waals surface area contributed by atoms with E-state index in [1.54, 1.807) is 13.0 Å². The average molecular weight is 264 g/mol. The lowest BCUT2D eigenvalue weighted by Gasteiger charge is -2.36. The van der Waals surface area contributed by atoms with Gasteiger partial charge in [0.1, 0.15) is 0 Å². The number of benzene rings is 1. The molecule has 0 saturated carbocycles. The van der Waals surface area contributed by atoms with Crippen molar-refractivity contribution in [2.45, 2.75) is 13.0 Å². The van der Waals surface area contributed by atoms with Crippen LogP contribution in [0.5, 0.6) is 0 Å². The summed E-state index contributed by atoms with van der Waals surface area (Å²) in [4.78, 5) is 15.9. The predicted octanol–water partition coefficient (Wildman–Crippen LogP) is 1.17. The van der Waals surface area contributed by atoms with Gasteiger partial charge >= 0.3 is 5.97 Å². The van der Waals surface area contributed by atoms with Crippen molar-refractivity contribution < 1.29 is 14.6 Å². The molecule has 1 heterocycles. The van der Waals surface area contributed by atoms with E-state index in [9.17, 15) is 9.90 Å². The molecule has 1 aliphatic heterocycles. The van der Waals surface area contributed by atoms with Crippen molar-refractivity contribution in [3.8, 4) is 0 Å². The Morgan fingerprint density at radius 2 is 2.05 bits per heavy atom. The van der Waals surface area contributed by atoms with Gasteiger partial charge in [0.2, 0.25) is 0 Å². The first-order valence-corrected chi connectivity index (χ1v) is 6.46. The number of carbonyl (C=O) groups is 1. The van der Waals surface area contributed by atoms with Gasteiger partial charge in [-0.2, -0.15) is 0 Å². The number of aliphatic hydroxyl groups excluding tert-OH is 1. The van der Waals surface area contributed by atoms with E-state index in [1.807, 2.05) is 26.2 Å². The number of hydrogen-bond donors (Lipinski definition) is 1. The highest BCUT2D eigenvalue weighted by molar-refractivity contribution is 5.84. The predicted molar refractivity (Wildman–Crippen MR) is 74.6 cm³/mol. The lowest BCUT2D eigenvalue weighted by atomic mass is 10.0. The fraction of sp³-hybridized carbons (Fsp3) is 0.500. The van der Waals surface area contributed by atoms with E-state index in [1.165, 1.54) is 0 Å². The molecule has 2 rings (SSSR count). The molecule has 5 nitrogen and oxygen atoms in total. The number of nitrogens with zero attached hydrogens (tertiary/aromatic N) is 2. The van der Waals surface area contributed by atoms with Crippen LogP contribution in [0.15, 0.2) is 18.2 Å². The van der Waals surface area contributed by atoms with Crippen LogP contribution in [-0.4, -0.2) is 44.9 Å². The van der Waals surface area contributed by atoms with Crippen LogP contribution in [0.3, 0.4) is 0 Å². The van der Waals surface area contributed by atoms with Gasteiger partial charge < -0.3 is 19.6 Å². The van der Waals surface area contributed by atoms with Crippen molar-refractivity contribution in [2.75, 3.05) is 43.6 Å². The van der Waals surface area contributed by atoms with E-state index in [-0.39, 0.29) is 6.61 Å². The summed E-state index contributed by atoms with van der Waals surface area (Å²) in [5, 5.41) is 10.2. The summed E-state index contributed by atoms with van der Waals surface area (Å²) >= 11 is 0. The minimum atomic E-state index is -1.23. The van der Waals surface area contributed by atoms with E-state index in [0.717, 1.165) is 24.5 Å². The molecule has 1 atom stereocenters. The molecule has 1 unspecified atom stereocenters. The highest BCUT2D eigenvalue weighted by Gasteiger charge is 2.27. The Morgan fingerprint density at radius 3 is 2.74 bits per heavy atom. The number of carbonyl (C=O) groups excluding carboxylic acids is 1. The molecule has 0 fully saturated rings. The van der Waals surface area contributed by atoms with Gasteiger partial charge in [0.25, 0.3) is 0 Å². The number of likely N-dealkylation sites (N-methyl/N-ethyl adjacent to an activating group) is 2. The van der Waals surface area contributed by atoms with Crippen LogP contribution in [-0.2, 0) is 9.53 Å². The minimum Gasteiger partial charge on any atom is -0.464 e. The van der Waals surface area contributed by atoms with Gasteiger partial charge in [-0.1, -0.05) is 12.1 Å². The molecule has 104 valence electrons. The molecule has 0 bridgehead atoms. The molecule has 19 heavy (non-hydrogen) atoms. The highest BCUT2D eigenvalue weighted by atomic mass is 16.5. The summed E-state index contributed by atoms with van der Waals surface area (Å²) < 4.78 is 4.89. The van der Waals surface area contributed by atoms with E-state index < -0.39 is 12.1 Å². The van der Waals surface area contributed by atoms with Crippen LogP contribution in [0, 0.1) is 0 Å². The summed E-state index contributed by atoms with van der Waals surface area (Å²) in [6, 6.07) is 5.62. The van der Waals surface area contributed by atoms with Crippen molar-refractivity contribution in [3.05, 3.63) is 23.8 Å². The van der Waals surface area contributed by atoms with Crippen LogP contribution in [0.4, 0.5) is 11.4 Å². The number of hydrogen-bond acceptors (Lipinski definition) is 5. The molecule has 0 saturated heterocycles. The molecule has 0 radical (unpaired) electrons. The Bertz CT molecular complexity index is 476. The Morgan fingerprint density at radius 1 is 1.37 bits per heavy atom. The Balaban J connectivity index is 2.41. The molecule has 0 amide bonds. The largest absolute Gasteiger partial charge is 0.464 e. The number of rotatable bonds is 3. The van der Waals surface area contributed by atoms with Crippen LogP contribution in [0.2, 0.25) is 0 Å². The van der Waals surface area contributed by atoms with Gasteiger partial charge in [-0.3, -0.25) is 0 Å². The SMILES string of the molecule is CCOC(=O)C(O)c1cccc2c1N(C)CCN2C. The zero-order valence-corrected chi connectivity index (χ0v) is 11.6. The van der Waals surface area contributed by atoms with Crippen molar-refractivity contribution in [3.63, 3.8) is 0 Å². The number of fused-ring (bicyclic) bond motifs is 1. The topological polar surface area (TPSA) is 53.0 Å². The summed E-state index contributed by atoms with van der Waals surface area (Å²) in [7, 11) is 3.97. The standard InChI is InChI=1S/C14H20N2O3/c1-4-19-14(18)13(17)10-6-5-7-11-12(10)16(3)9-8-15(11)2/h5-7,13,17H,4,8-9H2,1-3H3. The van der Waals surface area contributed by atoms with Gasteiger partial charge in [-0.25, -0.2) is 4.79 Å². The maximum absolute atomic E-state index is 11.7. The number of anilines is 2. The quantitative estimate of drug-likeness (QED) is 0.831. The van der Waals surface area contributed by atoms with Gasteiger partial charge in [0.15, 0.2) is 6.10 Å². The second kappa shape index (κ2) is 5.48. The zero-order valence-electron chi connectivity index (χ0n) is 11.6. The minimum absolute atomic E-state index is 0.265. The molecule has 1 aromatic carbocycles. The second-order valence-corrected chi connectivity index (χ2v) is 4.71. The molecular weight excluding hydrogens is 244 g/mol. The monoisotopic (exact) mass is 264 g/mol. The molecular formula is C14H20N2O3. The Labute approximate surface area is 113 Å². The van der Waals surface area contributed by atoms with E-state index in [4.69, 9.17) is 4.74 Å². The molecule has 0 spiro atoms. The van der Waals surface area contributed by atoms with E-state index in [2.05, 4.69) is 9.80 Å². The number of esters is 1. The van der Waals surface area contributed by atoms with Crippen LogP contribution in [0.1, 0.15) is 18.6 Å². The summed E-state index contributed by atoms with van der Waals surface area (Å²) in [6.07, 6.45) is -1.23. The van der Waals surface area contributed by atoms with E-state index >= 15 is 0 Å². The lowest BCUT2D eigenvalue weighted by Crippen LogP contribution is -2.38. The third kappa shape index (κ3) is 2.51. The van der Waals surface area contributed by atoms with Crippen molar-refractivity contribution in [1.82, 2.24) is 0 Å². The number of para-hydroxylation sites is 1. The summed E-state index contributed by atoms with van der Waals surface area (Å²) in [5.41, 5.74) is 2.52. The molecule has 1 N–H and O–H groups in total. The fourth-order valence-electron chi connectivity index (χ4n) is 2.37. The van der Waals surface area contributed by atoms with Gasteiger partial charge in [0, 0.05) is 32.7 Å². The number of ether oxygens (including phenoxy) is 1. The third-order valence-corrected chi connectivity index (χ3v) is 3.41. The van der Waals surface area contributed by atoms with Gasteiger partial charge in [0.05, 0.1) is 18.0 Å². The normalized spacial score (nSPS) is 16.0. The Kier molecular flexibility index (Phi) is 3.95. The third-order valence-electron chi connectivity index (χ3n) is 3.41. The lowest BCUT2D eigenvalue weighted by molar-refractivity contribution is -0.153. The maximum atomic E-state index is 11.7. The highest BCUT2D eigenvalue weighted by Crippen LogP contribution is 2.37. The molecule has 0 aromatic heterocycles. The zero-order chi connectivity index (χ0) is 14.0. The fourth-order valence-corrected chi connectivity index (χ4v) is 2.37. The first kappa shape index (κ1) is 13.7. The molecule has 0 aliphatic carbocycles. The first-order chi connectivity index (χ1) is 9.06. The molecule has 5 heteroatoms. The van der Waals surface area contributed by atoms with Crippen LogP contribution in [0.25, 0.3) is 0 Å².